The highest BCUT2D eigenvalue weighted by atomic mass is 16.5. The van der Waals surface area contributed by atoms with E-state index in [1.165, 1.54) is 29.7 Å². The molecule has 1 aliphatic heterocycles. The lowest BCUT2D eigenvalue weighted by Gasteiger charge is -2.63. The molecule has 2 atom stereocenters. The monoisotopic (exact) mass is 344 g/mol. The van der Waals surface area contributed by atoms with E-state index in [9.17, 15) is 5.11 Å². The van der Waals surface area contributed by atoms with Crippen LogP contribution < -0.4 is 4.90 Å². The third-order valence-corrected chi connectivity index (χ3v) is 6.82. The van der Waals surface area contributed by atoms with Crippen molar-refractivity contribution in [3.8, 4) is 0 Å². The zero-order chi connectivity index (χ0) is 17.5. The second kappa shape index (κ2) is 6.57. The van der Waals surface area contributed by atoms with Crippen LogP contribution in [-0.4, -0.2) is 49.4 Å². The van der Waals surface area contributed by atoms with Crippen LogP contribution in [0.25, 0.3) is 0 Å². The van der Waals surface area contributed by atoms with Crippen molar-refractivity contribution in [1.29, 1.82) is 0 Å². The van der Waals surface area contributed by atoms with Gasteiger partial charge in [0.05, 0.1) is 18.8 Å². The lowest BCUT2D eigenvalue weighted by molar-refractivity contribution is -0.179. The van der Waals surface area contributed by atoms with Gasteiger partial charge >= 0.3 is 0 Å². The van der Waals surface area contributed by atoms with Crippen molar-refractivity contribution < 1.29 is 9.84 Å². The van der Waals surface area contributed by atoms with Gasteiger partial charge in [-0.1, -0.05) is 31.4 Å². The van der Waals surface area contributed by atoms with Crippen LogP contribution >= 0.6 is 0 Å². The number of anilines is 1. The molecule has 1 N–H and O–H groups in total. The topological polar surface area (TPSA) is 35.9 Å². The van der Waals surface area contributed by atoms with E-state index in [-0.39, 0.29) is 5.54 Å². The summed E-state index contributed by atoms with van der Waals surface area (Å²) in [5.74, 6) is 0. The molecule has 2 fully saturated rings. The highest BCUT2D eigenvalue weighted by Gasteiger charge is 2.66. The maximum Gasteiger partial charge on any atom is 0.114 e. The molecule has 4 nitrogen and oxygen atoms in total. The van der Waals surface area contributed by atoms with Crippen molar-refractivity contribution in [3.63, 3.8) is 0 Å². The summed E-state index contributed by atoms with van der Waals surface area (Å²) in [6, 6.07) is 6.68. The van der Waals surface area contributed by atoms with Gasteiger partial charge in [0.2, 0.25) is 0 Å². The Morgan fingerprint density at radius 2 is 1.80 bits per heavy atom. The maximum absolute atomic E-state index is 12.1. The highest BCUT2D eigenvalue weighted by Crippen LogP contribution is 2.64. The molecule has 25 heavy (non-hydrogen) atoms. The number of morpholine rings is 1. The van der Waals surface area contributed by atoms with Crippen molar-refractivity contribution in [2.45, 2.75) is 57.1 Å². The van der Waals surface area contributed by atoms with Gasteiger partial charge in [-0.15, -0.1) is 0 Å². The van der Waals surface area contributed by atoms with E-state index in [2.05, 4.69) is 41.8 Å². The fourth-order valence-electron chi connectivity index (χ4n) is 5.66. The van der Waals surface area contributed by atoms with Gasteiger partial charge in [0.25, 0.3) is 0 Å². The van der Waals surface area contributed by atoms with Crippen LogP contribution in [0.5, 0.6) is 0 Å². The molecule has 1 saturated carbocycles. The smallest absolute Gasteiger partial charge is 0.114 e. The van der Waals surface area contributed by atoms with Crippen LogP contribution in [-0.2, 0) is 15.9 Å². The van der Waals surface area contributed by atoms with Crippen LogP contribution in [0.15, 0.2) is 18.2 Å². The summed E-state index contributed by atoms with van der Waals surface area (Å²) in [5, 5.41) is 12.1. The van der Waals surface area contributed by atoms with E-state index in [1.807, 2.05) is 0 Å². The number of nitrogens with zero attached hydrogens (tertiary/aromatic N) is 2. The van der Waals surface area contributed by atoms with Gasteiger partial charge < -0.3 is 14.7 Å². The second-order valence-corrected chi connectivity index (χ2v) is 7.75. The van der Waals surface area contributed by atoms with E-state index in [4.69, 9.17) is 4.74 Å². The first kappa shape index (κ1) is 17.3. The fourth-order valence-corrected chi connectivity index (χ4v) is 5.66. The van der Waals surface area contributed by atoms with Crippen molar-refractivity contribution in [1.82, 2.24) is 4.90 Å². The molecular formula is C21H32N2O2. The summed E-state index contributed by atoms with van der Waals surface area (Å²) >= 11 is 0. The molecule has 0 spiro atoms. The molecule has 2 aliphatic carbocycles. The lowest BCUT2D eigenvalue weighted by Crippen LogP contribution is -2.68. The number of hydrogen-bond acceptors (Lipinski definition) is 4. The average Bonchev–Trinajstić information content (AvgIpc) is 2.79. The lowest BCUT2D eigenvalue weighted by atomic mass is 9.54. The van der Waals surface area contributed by atoms with Crippen LogP contribution in [0.4, 0.5) is 5.69 Å². The molecule has 0 unspecified atom stereocenters. The third-order valence-electron chi connectivity index (χ3n) is 6.82. The quantitative estimate of drug-likeness (QED) is 0.910. The zero-order valence-electron chi connectivity index (χ0n) is 15.8. The first-order valence-electron chi connectivity index (χ1n) is 10.1. The Labute approximate surface area is 151 Å². The van der Waals surface area contributed by atoms with Gasteiger partial charge in [0.15, 0.2) is 0 Å². The Balaban J connectivity index is 1.86. The van der Waals surface area contributed by atoms with Crippen molar-refractivity contribution in [2.24, 2.45) is 0 Å². The van der Waals surface area contributed by atoms with Gasteiger partial charge in [-0.3, -0.25) is 4.90 Å². The number of hydrogen-bond donors (Lipinski definition) is 1. The Morgan fingerprint density at radius 1 is 1.08 bits per heavy atom. The zero-order valence-corrected chi connectivity index (χ0v) is 15.8. The molecule has 1 saturated heterocycles. The predicted molar refractivity (Wildman–Crippen MR) is 101 cm³/mol. The molecule has 0 aromatic heterocycles. The van der Waals surface area contributed by atoms with Crippen molar-refractivity contribution in [3.05, 3.63) is 29.3 Å². The molecule has 1 heterocycles. The number of fused-ring (bicyclic) bond motifs is 4. The Bertz CT molecular complexity index is 624. The second-order valence-electron chi connectivity index (χ2n) is 7.75. The van der Waals surface area contributed by atoms with Crippen LogP contribution in [0.1, 0.15) is 57.1 Å². The summed E-state index contributed by atoms with van der Waals surface area (Å²) in [5.41, 5.74) is 2.92. The number of aliphatic hydroxyl groups is 1. The summed E-state index contributed by atoms with van der Waals surface area (Å²) in [6.07, 6.45) is 5.50. The van der Waals surface area contributed by atoms with Gasteiger partial charge in [-0.2, -0.15) is 0 Å². The molecule has 4 heteroatoms. The third kappa shape index (κ3) is 2.30. The first-order valence-corrected chi connectivity index (χ1v) is 10.1. The largest absolute Gasteiger partial charge is 0.383 e. The summed E-state index contributed by atoms with van der Waals surface area (Å²) in [6.45, 7) is 9.78. The standard InChI is InChI=1S/C21H32N2O2/c1-3-22(4-2)18-10-8-9-17-19(18)21(24)12-7-5-6-11-20(17,21)23-13-15-25-16-14-23/h8-10,24H,3-7,11-16H2,1-2H3/t20-,21+/m0/s1. The minimum Gasteiger partial charge on any atom is -0.383 e. The molecule has 0 radical (unpaired) electrons. The van der Waals surface area contributed by atoms with E-state index in [0.717, 1.165) is 58.7 Å². The van der Waals surface area contributed by atoms with Crippen LogP contribution in [0.2, 0.25) is 0 Å². The minimum absolute atomic E-state index is 0.203. The maximum atomic E-state index is 12.1. The SMILES string of the molecule is CCN(CC)c1cccc2c1[C@]1(O)CCCCC[C@]21N1CCOCC1. The summed E-state index contributed by atoms with van der Waals surface area (Å²) in [4.78, 5) is 4.93. The van der Waals surface area contributed by atoms with Gasteiger partial charge in [-0.25, -0.2) is 0 Å². The fraction of sp³-hybridized carbons (Fsp3) is 0.714. The molecule has 1 aromatic carbocycles. The van der Waals surface area contributed by atoms with E-state index in [1.54, 1.807) is 0 Å². The van der Waals surface area contributed by atoms with Crippen molar-refractivity contribution >= 4 is 5.69 Å². The van der Waals surface area contributed by atoms with Crippen molar-refractivity contribution in [2.75, 3.05) is 44.3 Å². The summed E-state index contributed by atoms with van der Waals surface area (Å²) in [7, 11) is 0. The highest BCUT2D eigenvalue weighted by molar-refractivity contribution is 5.68. The van der Waals surface area contributed by atoms with E-state index in [0.29, 0.717) is 0 Å². The molecular weight excluding hydrogens is 312 g/mol. The number of rotatable bonds is 4. The van der Waals surface area contributed by atoms with Gasteiger partial charge in [-0.05, 0) is 38.3 Å². The molecule has 0 bridgehead atoms. The Morgan fingerprint density at radius 3 is 2.52 bits per heavy atom. The first-order chi connectivity index (χ1) is 12.2. The molecule has 3 aliphatic rings. The minimum atomic E-state index is -0.713. The van der Waals surface area contributed by atoms with Gasteiger partial charge in [0, 0.05) is 37.4 Å². The van der Waals surface area contributed by atoms with Gasteiger partial charge in [0.1, 0.15) is 5.60 Å². The van der Waals surface area contributed by atoms with E-state index < -0.39 is 5.60 Å². The van der Waals surface area contributed by atoms with Crippen LogP contribution in [0.3, 0.4) is 0 Å². The molecule has 1 aromatic rings. The average molecular weight is 344 g/mol. The predicted octanol–water partition coefficient (Wildman–Crippen LogP) is 3.23. The molecule has 0 amide bonds. The Kier molecular flexibility index (Phi) is 4.55. The Hall–Kier alpha value is -1.10. The summed E-state index contributed by atoms with van der Waals surface area (Å²) < 4.78 is 5.61. The number of ether oxygens (including phenoxy) is 1. The van der Waals surface area contributed by atoms with E-state index >= 15 is 0 Å². The molecule has 4 rings (SSSR count). The molecule has 138 valence electrons. The van der Waals surface area contributed by atoms with Crippen LogP contribution in [0, 0.1) is 0 Å². The number of benzene rings is 1. The normalized spacial score (nSPS) is 32.3.